The van der Waals surface area contributed by atoms with Crippen molar-refractivity contribution in [1.82, 2.24) is 20.3 Å². The van der Waals surface area contributed by atoms with Gasteiger partial charge in [0.1, 0.15) is 11.3 Å². The molecule has 2 N–H and O–H groups in total. The lowest BCUT2D eigenvalue weighted by Gasteiger charge is -2.10. The monoisotopic (exact) mass is 386 g/mol. The molecule has 0 radical (unpaired) electrons. The third-order valence-electron chi connectivity index (χ3n) is 3.87. The Morgan fingerprint density at radius 2 is 2.23 bits per heavy atom. The lowest BCUT2D eigenvalue weighted by Crippen LogP contribution is -2.27. The van der Waals surface area contributed by atoms with Crippen LogP contribution in [0, 0.1) is 0 Å². The molecule has 0 saturated heterocycles. The number of fused-ring (bicyclic) bond motifs is 2. The van der Waals surface area contributed by atoms with Crippen molar-refractivity contribution in [3.05, 3.63) is 53.4 Å². The second kappa shape index (κ2) is 7.01. The molecule has 0 spiro atoms. The van der Waals surface area contributed by atoms with E-state index in [9.17, 15) is 4.79 Å². The van der Waals surface area contributed by atoms with Crippen LogP contribution < -0.4 is 5.32 Å². The van der Waals surface area contributed by atoms with Gasteiger partial charge in [0, 0.05) is 11.6 Å². The van der Waals surface area contributed by atoms with Crippen LogP contribution in [0.4, 0.5) is 0 Å². The molecule has 3 aromatic heterocycles. The average Bonchev–Trinajstić information content (AvgIpc) is 3.23. The number of aromatic amines is 1. The first-order chi connectivity index (χ1) is 12.6. The summed E-state index contributed by atoms with van der Waals surface area (Å²) >= 11 is 7.22. The first-order valence-electron chi connectivity index (χ1n) is 8.00. The predicted molar refractivity (Wildman–Crippen MR) is 102 cm³/mol. The second-order valence-electron chi connectivity index (χ2n) is 5.83. The number of carbonyl (C=O) groups is 1. The number of hydrogen-bond donors (Lipinski definition) is 2. The Balaban J connectivity index is 1.38. The number of pyridine rings is 1. The van der Waals surface area contributed by atoms with Crippen LogP contribution in [-0.4, -0.2) is 26.6 Å². The molecule has 8 heteroatoms. The van der Waals surface area contributed by atoms with Gasteiger partial charge in [-0.1, -0.05) is 41.6 Å². The van der Waals surface area contributed by atoms with E-state index in [0.717, 1.165) is 22.2 Å². The topological polar surface area (TPSA) is 83.8 Å². The normalized spacial score (nSPS) is 12.5. The van der Waals surface area contributed by atoms with E-state index in [0.29, 0.717) is 15.8 Å². The highest BCUT2D eigenvalue weighted by atomic mass is 35.5. The summed E-state index contributed by atoms with van der Waals surface area (Å²) in [7, 11) is 0. The van der Waals surface area contributed by atoms with E-state index in [1.807, 2.05) is 37.3 Å². The summed E-state index contributed by atoms with van der Waals surface area (Å²) in [6.07, 6.45) is 1.54. The molecule has 4 aromatic rings. The molecule has 0 fully saturated rings. The Bertz CT molecular complexity index is 1060. The number of nitrogens with one attached hydrogen (secondary N) is 2. The molecular weight excluding hydrogens is 372 g/mol. The van der Waals surface area contributed by atoms with Gasteiger partial charge in [0.05, 0.1) is 22.3 Å². The molecule has 1 aromatic carbocycles. The summed E-state index contributed by atoms with van der Waals surface area (Å²) in [5, 5.41) is 5.12. The highest BCUT2D eigenvalue weighted by Gasteiger charge is 2.15. The van der Waals surface area contributed by atoms with Crippen LogP contribution in [0.2, 0.25) is 5.02 Å². The number of hydrogen-bond acceptors (Lipinski definition) is 5. The molecule has 1 atom stereocenters. The van der Waals surface area contributed by atoms with Gasteiger partial charge in [-0.3, -0.25) is 4.79 Å². The zero-order chi connectivity index (χ0) is 18.1. The van der Waals surface area contributed by atoms with Crippen molar-refractivity contribution in [2.75, 3.05) is 5.75 Å². The lowest BCUT2D eigenvalue weighted by molar-refractivity contribution is -0.119. The van der Waals surface area contributed by atoms with E-state index in [1.165, 1.54) is 11.8 Å². The molecular formula is C18H15ClN4O2S. The Morgan fingerprint density at radius 3 is 3.08 bits per heavy atom. The van der Waals surface area contributed by atoms with Crippen molar-refractivity contribution < 1.29 is 9.21 Å². The van der Waals surface area contributed by atoms with E-state index in [2.05, 4.69) is 20.3 Å². The van der Waals surface area contributed by atoms with Crippen LogP contribution in [0.5, 0.6) is 0 Å². The van der Waals surface area contributed by atoms with Crippen molar-refractivity contribution in [3.8, 4) is 0 Å². The van der Waals surface area contributed by atoms with Crippen molar-refractivity contribution in [3.63, 3.8) is 0 Å². The smallest absolute Gasteiger partial charge is 0.231 e. The Hall–Kier alpha value is -2.51. The molecule has 4 rings (SSSR count). The van der Waals surface area contributed by atoms with Gasteiger partial charge in [-0.15, -0.1) is 0 Å². The predicted octanol–water partition coefficient (Wildman–Crippen LogP) is 4.33. The maximum atomic E-state index is 12.2. The third-order valence-corrected chi connectivity index (χ3v) is 4.95. The van der Waals surface area contributed by atoms with Gasteiger partial charge in [0.2, 0.25) is 5.91 Å². The number of thioether (sulfide) groups is 1. The largest absolute Gasteiger partial charge is 0.459 e. The van der Waals surface area contributed by atoms with Crippen LogP contribution in [0.3, 0.4) is 0 Å². The molecule has 0 saturated carbocycles. The summed E-state index contributed by atoms with van der Waals surface area (Å²) in [6.45, 7) is 1.90. The minimum atomic E-state index is -0.216. The molecule has 1 amide bonds. The zero-order valence-electron chi connectivity index (χ0n) is 13.8. The Labute approximate surface area is 158 Å². The molecule has 0 aliphatic heterocycles. The summed E-state index contributed by atoms with van der Waals surface area (Å²) in [4.78, 5) is 23.8. The molecule has 0 unspecified atom stereocenters. The number of para-hydroxylation sites is 1. The van der Waals surface area contributed by atoms with Crippen molar-refractivity contribution in [2.45, 2.75) is 18.1 Å². The van der Waals surface area contributed by atoms with Crippen LogP contribution >= 0.6 is 23.4 Å². The number of furan rings is 1. The van der Waals surface area contributed by atoms with E-state index >= 15 is 0 Å². The van der Waals surface area contributed by atoms with Gasteiger partial charge in [0.25, 0.3) is 0 Å². The van der Waals surface area contributed by atoms with E-state index < -0.39 is 0 Å². The third kappa shape index (κ3) is 3.54. The van der Waals surface area contributed by atoms with E-state index in [4.69, 9.17) is 16.0 Å². The first kappa shape index (κ1) is 16.9. The summed E-state index contributed by atoms with van der Waals surface area (Å²) in [5.41, 5.74) is 2.13. The number of nitrogens with zero attached hydrogens (tertiary/aromatic N) is 2. The van der Waals surface area contributed by atoms with Gasteiger partial charge < -0.3 is 14.7 Å². The lowest BCUT2D eigenvalue weighted by atomic mass is 10.2. The zero-order valence-corrected chi connectivity index (χ0v) is 15.4. The fraction of sp³-hybridized carbons (Fsp3) is 0.167. The number of halogens is 1. The quantitative estimate of drug-likeness (QED) is 0.499. The Kier molecular flexibility index (Phi) is 4.57. The molecule has 0 bridgehead atoms. The van der Waals surface area contributed by atoms with Crippen LogP contribution in [-0.2, 0) is 4.79 Å². The van der Waals surface area contributed by atoms with Gasteiger partial charge in [-0.2, -0.15) is 0 Å². The fourth-order valence-electron chi connectivity index (χ4n) is 2.62. The van der Waals surface area contributed by atoms with Crippen LogP contribution in [0.15, 0.2) is 52.2 Å². The number of benzene rings is 1. The standard InChI is InChI=1S/C18H15ClN4O2S/c1-10(15-6-11-4-2-3-5-14(11)25-15)21-16(24)9-26-18-22-13-7-12(19)8-20-17(13)23-18/h2-8,10H,9H2,1H3,(H,21,24)(H,20,22,23)/t10-/m0/s1. The first-order valence-corrected chi connectivity index (χ1v) is 9.37. The van der Waals surface area contributed by atoms with Crippen LogP contribution in [0.25, 0.3) is 22.1 Å². The number of rotatable bonds is 5. The molecule has 0 aliphatic rings. The van der Waals surface area contributed by atoms with Crippen molar-refractivity contribution in [1.29, 1.82) is 0 Å². The van der Waals surface area contributed by atoms with Crippen molar-refractivity contribution in [2.24, 2.45) is 0 Å². The minimum Gasteiger partial charge on any atom is -0.459 e. The second-order valence-corrected chi connectivity index (χ2v) is 7.23. The van der Waals surface area contributed by atoms with E-state index in [1.54, 1.807) is 12.3 Å². The molecule has 3 heterocycles. The highest BCUT2D eigenvalue weighted by Crippen LogP contribution is 2.24. The number of H-pyrrole nitrogens is 1. The van der Waals surface area contributed by atoms with E-state index in [-0.39, 0.29) is 17.7 Å². The van der Waals surface area contributed by atoms with Crippen molar-refractivity contribution >= 4 is 51.4 Å². The molecule has 0 aliphatic carbocycles. The van der Waals surface area contributed by atoms with Gasteiger partial charge in [-0.25, -0.2) is 9.97 Å². The Morgan fingerprint density at radius 1 is 1.38 bits per heavy atom. The molecule has 132 valence electrons. The van der Waals surface area contributed by atoms with Crippen LogP contribution in [0.1, 0.15) is 18.7 Å². The number of aromatic nitrogens is 3. The highest BCUT2D eigenvalue weighted by molar-refractivity contribution is 7.99. The number of carbonyl (C=O) groups excluding carboxylic acids is 1. The maximum Gasteiger partial charge on any atom is 0.231 e. The molecule has 26 heavy (non-hydrogen) atoms. The SMILES string of the molecule is C[C@H](NC(=O)CSc1nc2ncc(Cl)cc2[nH]1)c1cc2ccccc2o1. The van der Waals surface area contributed by atoms with Gasteiger partial charge in [-0.05, 0) is 25.1 Å². The van der Waals surface area contributed by atoms with Gasteiger partial charge >= 0.3 is 0 Å². The number of amides is 1. The number of imidazole rings is 1. The summed E-state index contributed by atoms with van der Waals surface area (Å²) in [6, 6.07) is 11.3. The average molecular weight is 387 g/mol. The molecule has 6 nitrogen and oxygen atoms in total. The maximum absolute atomic E-state index is 12.2. The van der Waals surface area contributed by atoms with Gasteiger partial charge in [0.15, 0.2) is 10.8 Å². The fourth-order valence-corrected chi connectivity index (χ4v) is 3.47. The minimum absolute atomic E-state index is 0.102. The summed E-state index contributed by atoms with van der Waals surface area (Å²) in [5.74, 6) is 0.861. The summed E-state index contributed by atoms with van der Waals surface area (Å²) < 4.78 is 5.78.